The number of sulfone groups is 1. The molecule has 13 heteroatoms. The Morgan fingerprint density at radius 2 is 1.93 bits per heavy atom. The average molecular weight is 675 g/mol. The fourth-order valence-electron chi connectivity index (χ4n) is 4.08. The van der Waals surface area contributed by atoms with Crippen molar-refractivity contribution in [3.8, 4) is 17.0 Å². The van der Waals surface area contributed by atoms with E-state index in [1.54, 1.807) is 36.6 Å². The van der Waals surface area contributed by atoms with Crippen molar-refractivity contribution in [1.82, 2.24) is 20.3 Å². The summed E-state index contributed by atoms with van der Waals surface area (Å²) in [6.07, 6.45) is 1.36. The third-order valence-electron chi connectivity index (χ3n) is 6.34. The number of ether oxygens (including phenoxy) is 1. The minimum Gasteiger partial charge on any atom is -0.488 e. The van der Waals surface area contributed by atoms with Gasteiger partial charge in [-0.2, -0.15) is 0 Å². The third kappa shape index (κ3) is 7.46. The number of fused-ring (bicyclic) bond motifs is 1. The molecule has 0 aliphatic rings. The minimum atomic E-state index is -3.05. The first-order valence-electron chi connectivity index (χ1n) is 12.9. The van der Waals surface area contributed by atoms with Crippen LogP contribution in [0.1, 0.15) is 17.5 Å². The summed E-state index contributed by atoms with van der Waals surface area (Å²) in [7, 11) is -3.05. The number of benzene rings is 3. The number of anilines is 2. The molecule has 0 saturated carbocycles. The maximum Gasteiger partial charge on any atom is 0.151 e. The second-order valence-corrected chi connectivity index (χ2v) is 13.6. The van der Waals surface area contributed by atoms with Gasteiger partial charge in [-0.15, -0.1) is 11.3 Å². The van der Waals surface area contributed by atoms with Crippen molar-refractivity contribution >= 4 is 59.5 Å². The molecule has 3 aromatic carbocycles. The van der Waals surface area contributed by atoms with Crippen molar-refractivity contribution in [3.05, 3.63) is 93.0 Å². The molecule has 5 rings (SSSR count). The molecule has 0 aliphatic carbocycles. The second-order valence-electron chi connectivity index (χ2n) is 9.30. The molecule has 0 amide bonds. The highest BCUT2D eigenvalue weighted by Crippen LogP contribution is 2.34. The van der Waals surface area contributed by atoms with Crippen LogP contribution in [0.25, 0.3) is 22.2 Å². The number of hydrogen-bond donors (Lipinski definition) is 2. The number of aromatic nitrogens is 3. The Balaban J connectivity index is 1.31. The lowest BCUT2D eigenvalue weighted by Gasteiger charge is -2.13. The van der Waals surface area contributed by atoms with Crippen LogP contribution in [-0.2, 0) is 23.0 Å². The predicted octanol–water partition coefficient (Wildman–Crippen LogP) is 6.64. The topological polar surface area (TPSA) is 106 Å². The van der Waals surface area contributed by atoms with E-state index >= 15 is 4.39 Å². The Kier molecular flexibility index (Phi) is 9.41. The van der Waals surface area contributed by atoms with Crippen molar-refractivity contribution in [2.24, 2.45) is 0 Å². The van der Waals surface area contributed by atoms with Gasteiger partial charge >= 0.3 is 0 Å². The summed E-state index contributed by atoms with van der Waals surface area (Å²) in [5.74, 6) is 0.441. The Labute approximate surface area is 254 Å². The maximum atomic E-state index is 15.1. The van der Waals surface area contributed by atoms with E-state index < -0.39 is 15.7 Å². The summed E-state index contributed by atoms with van der Waals surface area (Å²) in [6.45, 7) is 2.53. The maximum absolute atomic E-state index is 15.1. The number of thiazole rings is 1. The molecule has 2 heterocycles. The number of nitrogens with one attached hydrogen (secondary N) is 2. The van der Waals surface area contributed by atoms with Gasteiger partial charge in [-0.05, 0) is 57.9 Å². The molecular formula is C29H26BrF2N5O3S2. The largest absolute Gasteiger partial charge is 0.488 e. The Hall–Kier alpha value is -3.52. The van der Waals surface area contributed by atoms with Gasteiger partial charge in [-0.3, -0.25) is 0 Å². The molecule has 218 valence electrons. The summed E-state index contributed by atoms with van der Waals surface area (Å²) < 4.78 is 58.5. The Morgan fingerprint density at radius 3 is 2.71 bits per heavy atom. The lowest BCUT2D eigenvalue weighted by atomic mass is 10.1. The lowest BCUT2D eigenvalue weighted by Crippen LogP contribution is -2.23. The molecule has 42 heavy (non-hydrogen) atoms. The highest BCUT2D eigenvalue weighted by molar-refractivity contribution is 9.10. The fourth-order valence-corrected chi connectivity index (χ4v) is 6.08. The van der Waals surface area contributed by atoms with Gasteiger partial charge < -0.3 is 15.4 Å². The summed E-state index contributed by atoms with van der Waals surface area (Å²) in [6, 6.07) is 14.7. The van der Waals surface area contributed by atoms with Crippen LogP contribution < -0.4 is 15.4 Å². The normalized spacial score (nSPS) is 11.6. The summed E-state index contributed by atoms with van der Waals surface area (Å²) in [4.78, 5) is 13.2. The Bertz CT molecular complexity index is 1840. The smallest absolute Gasteiger partial charge is 0.151 e. The zero-order valence-electron chi connectivity index (χ0n) is 22.4. The second kappa shape index (κ2) is 13.2. The number of rotatable bonds is 12. The molecule has 0 aliphatic heterocycles. The van der Waals surface area contributed by atoms with Gasteiger partial charge in [-0.25, -0.2) is 32.2 Å². The molecule has 0 bridgehead atoms. The standard InChI is InChI=1S/C29H26BrF2N5O3S2/c1-2-42(38,39)9-8-33-14-28-37-26(16-41-28)21-12-22-25(13-24(21)32)34-17-35-29(22)36-20-6-7-27(23(30)11-20)40-15-18-4-3-5-19(31)10-18/h3-7,10-13,16-17,33H,2,8-9,14-15H2,1H3,(H,34,35,36). The van der Waals surface area contributed by atoms with Gasteiger partial charge in [0.2, 0.25) is 0 Å². The first-order chi connectivity index (χ1) is 20.2. The Morgan fingerprint density at radius 1 is 1.07 bits per heavy atom. The van der Waals surface area contributed by atoms with Crippen LogP contribution in [0, 0.1) is 11.6 Å². The molecule has 5 aromatic rings. The van der Waals surface area contributed by atoms with E-state index in [1.165, 1.54) is 35.9 Å². The van der Waals surface area contributed by atoms with Crippen molar-refractivity contribution in [3.63, 3.8) is 0 Å². The number of hydrogen-bond acceptors (Lipinski definition) is 9. The van der Waals surface area contributed by atoms with Crippen LogP contribution in [0.3, 0.4) is 0 Å². The van der Waals surface area contributed by atoms with Crippen molar-refractivity contribution in [2.45, 2.75) is 20.1 Å². The molecule has 8 nitrogen and oxygen atoms in total. The first-order valence-corrected chi connectivity index (χ1v) is 16.4. The summed E-state index contributed by atoms with van der Waals surface area (Å²) in [5, 5.41) is 9.43. The first kappa shape index (κ1) is 30.0. The highest BCUT2D eigenvalue weighted by Gasteiger charge is 2.15. The van der Waals surface area contributed by atoms with Crippen LogP contribution >= 0.6 is 27.3 Å². The highest BCUT2D eigenvalue weighted by atomic mass is 79.9. The van der Waals surface area contributed by atoms with E-state index in [0.717, 1.165) is 0 Å². The molecule has 2 N–H and O–H groups in total. The molecule has 0 spiro atoms. The molecular weight excluding hydrogens is 648 g/mol. The van der Waals surface area contributed by atoms with Crippen molar-refractivity contribution in [2.75, 3.05) is 23.4 Å². The predicted molar refractivity (Wildman–Crippen MR) is 165 cm³/mol. The monoisotopic (exact) mass is 673 g/mol. The quantitative estimate of drug-likeness (QED) is 0.142. The van der Waals surface area contributed by atoms with Gasteiger partial charge in [0.1, 0.15) is 41.1 Å². The van der Waals surface area contributed by atoms with E-state index in [9.17, 15) is 12.8 Å². The van der Waals surface area contributed by atoms with Gasteiger partial charge in [-0.1, -0.05) is 19.1 Å². The van der Waals surface area contributed by atoms with E-state index in [4.69, 9.17) is 4.74 Å². The SMILES string of the molecule is CCS(=O)(=O)CCNCc1nc(-c2cc3c(Nc4ccc(OCc5cccc(F)c5)c(Br)c4)ncnc3cc2F)cs1. The lowest BCUT2D eigenvalue weighted by molar-refractivity contribution is 0.303. The number of halogens is 3. The summed E-state index contributed by atoms with van der Waals surface area (Å²) in [5.41, 5.74) is 2.62. The van der Waals surface area contributed by atoms with E-state index in [0.29, 0.717) is 67.5 Å². The van der Waals surface area contributed by atoms with Gasteiger partial charge in [0.05, 0.1) is 21.4 Å². The van der Waals surface area contributed by atoms with Gasteiger partial charge in [0.15, 0.2) is 9.84 Å². The summed E-state index contributed by atoms with van der Waals surface area (Å²) >= 11 is 4.89. The molecule has 0 atom stereocenters. The molecule has 0 unspecified atom stereocenters. The van der Waals surface area contributed by atoms with Crippen LogP contribution in [0.15, 0.2) is 70.8 Å². The average Bonchev–Trinajstić information content (AvgIpc) is 3.43. The van der Waals surface area contributed by atoms with E-state index in [2.05, 4.69) is 41.5 Å². The number of nitrogens with zero attached hydrogens (tertiary/aromatic N) is 3. The van der Waals surface area contributed by atoms with Crippen LogP contribution in [0.4, 0.5) is 20.3 Å². The van der Waals surface area contributed by atoms with Gasteiger partial charge in [0, 0.05) is 46.9 Å². The van der Waals surface area contributed by atoms with E-state index in [-0.39, 0.29) is 23.9 Å². The minimum absolute atomic E-state index is 0.0536. The van der Waals surface area contributed by atoms with Crippen LogP contribution in [0.2, 0.25) is 0 Å². The molecule has 0 fully saturated rings. The van der Waals surface area contributed by atoms with Crippen molar-refractivity contribution in [1.29, 1.82) is 0 Å². The fraction of sp³-hybridized carbons (Fsp3) is 0.207. The van der Waals surface area contributed by atoms with Crippen molar-refractivity contribution < 1.29 is 21.9 Å². The van der Waals surface area contributed by atoms with Gasteiger partial charge in [0.25, 0.3) is 0 Å². The van der Waals surface area contributed by atoms with Crippen LogP contribution in [0.5, 0.6) is 5.75 Å². The molecule has 0 saturated heterocycles. The molecule has 0 radical (unpaired) electrons. The molecule has 2 aromatic heterocycles. The third-order valence-corrected chi connectivity index (χ3v) is 9.51. The zero-order valence-corrected chi connectivity index (χ0v) is 25.6. The zero-order chi connectivity index (χ0) is 29.7. The van der Waals surface area contributed by atoms with E-state index in [1.807, 2.05) is 12.1 Å². The van der Waals surface area contributed by atoms with Crippen LogP contribution in [-0.4, -0.2) is 41.4 Å².